The molecule has 1 fully saturated rings. The molecule has 2 heterocycles. The summed E-state index contributed by atoms with van der Waals surface area (Å²) in [6.45, 7) is 3.75. The van der Waals surface area contributed by atoms with Gasteiger partial charge in [-0.1, -0.05) is 137 Å². The minimum atomic E-state index is -1.95. The number of hydrogen-bond acceptors (Lipinski definition) is 30. The third-order valence-corrected chi connectivity index (χ3v) is 25.7. The molecule has 20 amide bonds. The van der Waals surface area contributed by atoms with E-state index in [0.717, 1.165) is 0 Å². The number of carboxylic acids is 2. The summed E-state index contributed by atoms with van der Waals surface area (Å²) in [7, 11) is 0. The molecule has 4 aromatic carbocycles. The molecule has 0 radical (unpaired) electrons. The molecule has 0 saturated carbocycles. The average molecular weight is 2170 g/mol. The van der Waals surface area contributed by atoms with E-state index >= 15 is 19.2 Å². The summed E-state index contributed by atoms with van der Waals surface area (Å²) in [6, 6.07) is 3.21. The lowest BCUT2D eigenvalue weighted by Gasteiger charge is -2.31. The Balaban J connectivity index is 1.19. The SMILES string of the molecule is CSCC[C@H](NC(=O)[C@H](CCC(=O)O)NC(=O)CNC(=O)[C@H](CC(N)=O)NC(=O)[C@H](CC(C)C)NC(=O)[C@H](Cc1ccccc1)NC(=O)[C@H](CC(N)=O)NC(=O)[C@H](CS)NC(=O)[C@H](Cc1c[nH]c2ccccc12)NC(=O)[C@@H]1CCCN1C(=O)[C@H](CCSC)NC(=O)[C@H](Cc1ccccc1)NC(=O)[C@H](Cc1ccccc1)NC(=O)[C@H](CO)NC(=O)[C@H](CS)NC(=O)[C@@H](N)CO)C(=O)N[C@@H](C)C(=O)N[C@H](C(=O)N[C@@H](CO)C(=O)O)C(C)C. The number of nitrogens with two attached hydrogens (primary N) is 3. The number of carbonyl (C=O) groups is 22. The van der Waals surface area contributed by atoms with Gasteiger partial charge in [0.25, 0.3) is 0 Å². The number of nitrogens with one attached hydrogen (secondary N) is 18. The number of likely N-dealkylation sites (tertiary alicyclic amines) is 1. The van der Waals surface area contributed by atoms with Crippen molar-refractivity contribution in [2.75, 3.05) is 68.4 Å². The summed E-state index contributed by atoms with van der Waals surface area (Å²) in [5.74, 6) is -25.2. The Hall–Kier alpha value is -14.0. The number of hydrogen-bond donors (Lipinski definition) is 28. The highest BCUT2D eigenvalue weighted by Crippen LogP contribution is 2.25. The van der Waals surface area contributed by atoms with Crippen molar-refractivity contribution in [3.63, 3.8) is 0 Å². The van der Waals surface area contributed by atoms with Crippen LogP contribution in [-0.2, 0) is 131 Å². The van der Waals surface area contributed by atoms with Gasteiger partial charge in [-0.25, -0.2) is 4.79 Å². The first kappa shape index (κ1) is 125. The average Bonchev–Trinajstić information content (AvgIpc) is 1.73. The standard InChI is InChI=1S/C97H136N22O27S4/c1-50(2)36-63(85(133)111-68(41-75(99)123)82(130)102-44-77(125)104-60(29-30-78(126)127)84(132)105-61(31-34-149-6)83(131)103-52(5)80(128)118-79(51(3)4)95(143)115-71(47-122)97(145)146)107-87(135)65(38-54-22-13-9-14-23-54)109-90(138)69(42-76(100)124)112-92(140)73(49-148)117-89(137)67(40-56-43-101-59-27-18-17-26-57(56)59)113-94(142)74-28-19-33-119(74)96(144)62(32-35-150-7)106-86(134)64(37-53-20-11-8-12-21-53)108-88(136)66(39-55-24-15-10-16-25-55)110-91(139)70(46-121)114-93(141)72(48-147)116-81(129)58(98)45-120/h8-18,20-27,43,50-52,58,60-74,79,101,120-122,147-148H,19,28-42,44-49,98H2,1-7H3,(H2,99,123)(H2,100,124)(H,102,130)(H,103,131)(H,104,125)(H,105,132)(H,106,134)(H,107,135)(H,108,136)(H,109,138)(H,110,139)(H,111,133)(H,112,140)(H,113,142)(H,114,141)(H,115,143)(H,116,129)(H,117,137)(H,118,128)(H,126,127)(H,145,146)/t52-,58-,60-,61-,62-,63-,64-,65-,66-,67-,68-,69-,70-,71-,72-,73-,74-,79-/m0/s1. The van der Waals surface area contributed by atoms with Crippen molar-refractivity contribution in [1.82, 2.24) is 100 Å². The smallest absolute Gasteiger partial charge is 0.328 e. The molecule has 1 aliphatic heterocycles. The Bertz CT molecular complexity index is 5490. The minimum Gasteiger partial charge on any atom is -0.481 e. The number of carboxylic acid groups (broad SMARTS) is 2. The third-order valence-electron chi connectivity index (χ3n) is 23.7. The Morgan fingerprint density at radius 2 is 0.807 bits per heavy atom. The van der Waals surface area contributed by atoms with Gasteiger partial charge >= 0.3 is 11.9 Å². The van der Waals surface area contributed by atoms with Gasteiger partial charge in [-0.2, -0.15) is 48.8 Å². The molecule has 1 aliphatic rings. The normalized spacial score (nSPS) is 15.6. The van der Waals surface area contributed by atoms with Crippen LogP contribution in [0.25, 0.3) is 10.9 Å². The fourth-order valence-electron chi connectivity index (χ4n) is 15.6. The van der Waals surface area contributed by atoms with Crippen LogP contribution in [0.2, 0.25) is 0 Å². The van der Waals surface area contributed by atoms with Crippen LogP contribution < -0.4 is 108 Å². The number of aromatic nitrogens is 1. The van der Waals surface area contributed by atoms with Gasteiger partial charge in [0.05, 0.1) is 39.2 Å². The fourth-order valence-corrected chi connectivity index (χ4v) is 17.0. The first-order valence-electron chi connectivity index (χ1n) is 48.2. The second-order valence-corrected chi connectivity index (χ2v) is 38.9. The largest absolute Gasteiger partial charge is 0.481 e. The van der Waals surface area contributed by atoms with Crippen LogP contribution in [0, 0.1) is 11.8 Å². The van der Waals surface area contributed by atoms with Crippen molar-refractivity contribution in [3.05, 3.63) is 144 Å². The number of thiol groups is 2. The molecule has 1 saturated heterocycles. The van der Waals surface area contributed by atoms with E-state index in [2.05, 4.69) is 121 Å². The molecular formula is C97H136N22O27S4. The van der Waals surface area contributed by atoms with Crippen LogP contribution in [0.3, 0.4) is 0 Å². The van der Waals surface area contributed by atoms with Crippen LogP contribution in [0.5, 0.6) is 0 Å². The lowest BCUT2D eigenvalue weighted by atomic mass is 10.00. The van der Waals surface area contributed by atoms with E-state index in [4.69, 9.17) is 17.2 Å². The number of aliphatic carboxylic acids is 2. The molecule has 49 nitrogen and oxygen atoms in total. The number of rotatable bonds is 65. The maximum absolute atomic E-state index is 15.3. The van der Waals surface area contributed by atoms with Crippen LogP contribution in [0.4, 0.5) is 0 Å². The van der Waals surface area contributed by atoms with E-state index in [9.17, 15) is 112 Å². The van der Waals surface area contributed by atoms with Gasteiger partial charge in [-0.3, -0.25) is 101 Å². The molecule has 0 spiro atoms. The second kappa shape index (κ2) is 63.7. The first-order chi connectivity index (χ1) is 71.3. The highest BCUT2D eigenvalue weighted by Gasteiger charge is 2.44. The topological polar surface area (TPSA) is 778 Å². The molecule has 18 atom stereocenters. The number of nitrogens with zero attached hydrogens (tertiary/aromatic N) is 1. The first-order valence-corrected chi connectivity index (χ1v) is 52.2. The number of primary amides is 2. The number of aliphatic hydroxyl groups excluding tert-OH is 3. The number of H-pyrrole nitrogens is 1. The van der Waals surface area contributed by atoms with Gasteiger partial charge in [-0.05, 0) is 110 Å². The van der Waals surface area contributed by atoms with Crippen molar-refractivity contribution < 1.29 is 131 Å². The van der Waals surface area contributed by atoms with Gasteiger partial charge in [0.1, 0.15) is 109 Å². The summed E-state index contributed by atoms with van der Waals surface area (Å²) in [4.78, 5) is 310. The van der Waals surface area contributed by atoms with Crippen LogP contribution >= 0.6 is 48.8 Å². The van der Waals surface area contributed by atoms with Crippen molar-refractivity contribution in [1.29, 1.82) is 0 Å². The fraction of sp³-hybridized carbons (Fsp3) is 0.505. The highest BCUT2D eigenvalue weighted by atomic mass is 32.2. The Labute approximate surface area is 884 Å². The van der Waals surface area contributed by atoms with Gasteiger partial charge < -0.3 is 143 Å². The number of para-hydroxylation sites is 1. The third kappa shape index (κ3) is 41.2. The predicted molar refractivity (Wildman–Crippen MR) is 556 cm³/mol. The van der Waals surface area contributed by atoms with E-state index < -0.39 is 308 Å². The molecule has 150 heavy (non-hydrogen) atoms. The van der Waals surface area contributed by atoms with E-state index in [1.54, 1.807) is 148 Å². The van der Waals surface area contributed by atoms with E-state index in [1.807, 2.05) is 0 Å². The summed E-state index contributed by atoms with van der Waals surface area (Å²) < 4.78 is 0. The minimum absolute atomic E-state index is 0.0266. The summed E-state index contributed by atoms with van der Waals surface area (Å²) in [5.41, 5.74) is 19.5. The zero-order valence-electron chi connectivity index (χ0n) is 83.8. The number of aromatic amines is 1. The summed E-state index contributed by atoms with van der Waals surface area (Å²) in [5, 5.41) is 90.7. The van der Waals surface area contributed by atoms with Crippen molar-refractivity contribution in [3.8, 4) is 0 Å². The maximum atomic E-state index is 15.3. The van der Waals surface area contributed by atoms with Gasteiger partial charge in [0, 0.05) is 67.3 Å². The Kier molecular flexibility index (Phi) is 53.0. The molecule has 53 heteroatoms. The Morgan fingerprint density at radius 3 is 1.27 bits per heavy atom. The molecule has 5 aromatic rings. The molecule has 29 N–H and O–H groups in total. The predicted octanol–water partition coefficient (Wildman–Crippen LogP) is -6.61. The maximum Gasteiger partial charge on any atom is 0.328 e. The van der Waals surface area contributed by atoms with Crippen molar-refractivity contribution in [2.45, 2.75) is 227 Å². The van der Waals surface area contributed by atoms with Crippen molar-refractivity contribution in [2.24, 2.45) is 29.0 Å². The monoisotopic (exact) mass is 2170 g/mol. The zero-order valence-corrected chi connectivity index (χ0v) is 87.2. The quantitative estimate of drug-likeness (QED) is 0.0161. The zero-order chi connectivity index (χ0) is 111. The van der Waals surface area contributed by atoms with Crippen molar-refractivity contribution >= 4 is 190 Å². The van der Waals surface area contributed by atoms with E-state index in [1.165, 1.54) is 49.2 Å². The number of fused-ring (bicyclic) bond motifs is 1. The molecule has 6 rings (SSSR count). The molecule has 0 bridgehead atoms. The van der Waals surface area contributed by atoms with Crippen LogP contribution in [0.1, 0.15) is 115 Å². The number of thioether (sulfide) groups is 2. The molecule has 0 unspecified atom stereocenters. The number of carbonyl (C=O) groups excluding carboxylic acids is 20. The second-order valence-electron chi connectivity index (χ2n) is 36.2. The highest BCUT2D eigenvalue weighted by molar-refractivity contribution is 7.98. The Morgan fingerprint density at radius 1 is 0.413 bits per heavy atom. The molecule has 1 aromatic heterocycles. The van der Waals surface area contributed by atoms with Gasteiger partial charge in [0.15, 0.2) is 0 Å². The van der Waals surface area contributed by atoms with E-state index in [-0.39, 0.29) is 81.6 Å². The molecular weight excluding hydrogens is 2030 g/mol. The molecule has 0 aliphatic carbocycles. The molecule has 820 valence electrons. The lowest BCUT2D eigenvalue weighted by Crippen LogP contribution is -2.62. The summed E-state index contributed by atoms with van der Waals surface area (Å²) >= 11 is 11.1. The van der Waals surface area contributed by atoms with E-state index in [0.29, 0.717) is 33.2 Å². The number of benzene rings is 4. The van der Waals surface area contributed by atoms with Crippen LogP contribution in [0.15, 0.2) is 121 Å². The van der Waals surface area contributed by atoms with Crippen LogP contribution in [-0.4, -0.2) is 343 Å². The van der Waals surface area contributed by atoms with Gasteiger partial charge in [0.2, 0.25) is 118 Å². The number of aliphatic hydroxyl groups is 3. The van der Waals surface area contributed by atoms with Gasteiger partial charge in [-0.15, -0.1) is 0 Å². The lowest BCUT2D eigenvalue weighted by molar-refractivity contribution is -0.143. The summed E-state index contributed by atoms with van der Waals surface area (Å²) in [6.07, 6.45) is 0.629. The number of amides is 20.